The van der Waals surface area contributed by atoms with E-state index in [0.29, 0.717) is 22.1 Å². The van der Waals surface area contributed by atoms with Gasteiger partial charge in [-0.2, -0.15) is 0 Å². The summed E-state index contributed by atoms with van der Waals surface area (Å²) >= 11 is 6.02. The van der Waals surface area contributed by atoms with E-state index in [0.717, 1.165) is 24.0 Å². The zero-order chi connectivity index (χ0) is 15.0. The largest absolute Gasteiger partial charge is 0.483 e. The molecule has 0 radical (unpaired) electrons. The van der Waals surface area contributed by atoms with E-state index in [1.807, 2.05) is 32.0 Å². The van der Waals surface area contributed by atoms with Gasteiger partial charge in [-0.25, -0.2) is 0 Å². The van der Waals surface area contributed by atoms with Crippen molar-refractivity contribution in [2.24, 2.45) is 0 Å². The molecule has 1 heterocycles. The van der Waals surface area contributed by atoms with Crippen LogP contribution in [0.25, 0.3) is 0 Å². The SMILES string of the molecule is CC1(C)Cc2cccc(Oc3ccc(C=O)c(Cl)c3)c2O1. The average Bonchev–Trinajstić information content (AvgIpc) is 2.74. The third-order valence-electron chi connectivity index (χ3n) is 3.38. The van der Waals surface area contributed by atoms with Gasteiger partial charge in [-0.15, -0.1) is 0 Å². The fourth-order valence-electron chi connectivity index (χ4n) is 2.46. The van der Waals surface area contributed by atoms with Crippen molar-refractivity contribution in [3.8, 4) is 17.2 Å². The lowest BCUT2D eigenvalue weighted by atomic mass is 10.0. The molecule has 1 aliphatic rings. The van der Waals surface area contributed by atoms with Crippen LogP contribution in [-0.2, 0) is 6.42 Å². The molecule has 3 nitrogen and oxygen atoms in total. The van der Waals surface area contributed by atoms with Crippen LogP contribution in [0.1, 0.15) is 29.8 Å². The van der Waals surface area contributed by atoms with Gasteiger partial charge in [-0.3, -0.25) is 4.79 Å². The maximum absolute atomic E-state index is 10.8. The number of benzene rings is 2. The molecule has 0 spiro atoms. The lowest BCUT2D eigenvalue weighted by Gasteiger charge is -2.18. The van der Waals surface area contributed by atoms with Gasteiger partial charge in [0, 0.05) is 23.6 Å². The van der Waals surface area contributed by atoms with Gasteiger partial charge in [0.2, 0.25) is 0 Å². The summed E-state index contributed by atoms with van der Waals surface area (Å²) < 4.78 is 11.8. The topological polar surface area (TPSA) is 35.5 Å². The summed E-state index contributed by atoms with van der Waals surface area (Å²) in [5, 5.41) is 0.372. The highest BCUT2D eigenvalue weighted by molar-refractivity contribution is 6.33. The number of fused-ring (bicyclic) bond motifs is 1. The summed E-state index contributed by atoms with van der Waals surface area (Å²) in [4.78, 5) is 10.8. The predicted octanol–water partition coefficient (Wildman–Crippen LogP) is 4.66. The molecule has 0 saturated carbocycles. The van der Waals surface area contributed by atoms with Gasteiger partial charge in [-0.05, 0) is 32.0 Å². The van der Waals surface area contributed by atoms with Crippen LogP contribution in [0.3, 0.4) is 0 Å². The molecule has 0 N–H and O–H groups in total. The quantitative estimate of drug-likeness (QED) is 0.774. The Labute approximate surface area is 128 Å². The van der Waals surface area contributed by atoms with Crippen molar-refractivity contribution in [2.75, 3.05) is 0 Å². The van der Waals surface area contributed by atoms with E-state index in [1.165, 1.54) is 0 Å². The maximum atomic E-state index is 10.8. The summed E-state index contributed by atoms with van der Waals surface area (Å²) in [6, 6.07) is 10.8. The average molecular weight is 303 g/mol. The molecule has 0 fully saturated rings. The fourth-order valence-corrected chi connectivity index (χ4v) is 2.68. The van der Waals surface area contributed by atoms with Crippen LogP contribution in [0.4, 0.5) is 0 Å². The molecule has 3 rings (SSSR count). The van der Waals surface area contributed by atoms with E-state index in [2.05, 4.69) is 0 Å². The predicted molar refractivity (Wildman–Crippen MR) is 81.8 cm³/mol. The lowest BCUT2D eigenvalue weighted by Crippen LogP contribution is -2.24. The third kappa shape index (κ3) is 2.74. The molecule has 0 aliphatic carbocycles. The highest BCUT2D eigenvalue weighted by atomic mass is 35.5. The molecule has 0 bridgehead atoms. The van der Waals surface area contributed by atoms with Crippen molar-refractivity contribution >= 4 is 17.9 Å². The van der Waals surface area contributed by atoms with Crippen molar-refractivity contribution in [2.45, 2.75) is 25.9 Å². The summed E-state index contributed by atoms with van der Waals surface area (Å²) in [6.07, 6.45) is 1.57. The molecule has 0 unspecified atom stereocenters. The molecule has 2 aromatic rings. The van der Waals surface area contributed by atoms with Gasteiger partial charge in [0.1, 0.15) is 11.4 Å². The Morgan fingerprint density at radius 1 is 1.29 bits per heavy atom. The molecular formula is C17H15ClO3. The van der Waals surface area contributed by atoms with Crippen molar-refractivity contribution in [1.82, 2.24) is 0 Å². The van der Waals surface area contributed by atoms with Crippen LogP contribution in [0.15, 0.2) is 36.4 Å². The van der Waals surface area contributed by atoms with Crippen molar-refractivity contribution in [3.63, 3.8) is 0 Å². The molecule has 0 aromatic heterocycles. The first-order chi connectivity index (χ1) is 9.98. The Morgan fingerprint density at radius 2 is 2.10 bits per heavy atom. The van der Waals surface area contributed by atoms with Gasteiger partial charge in [0.15, 0.2) is 17.8 Å². The standard InChI is InChI=1S/C17H15ClO3/c1-17(2)9-11-4-3-5-15(16(11)21-17)20-13-7-6-12(10-19)14(18)8-13/h3-8,10H,9H2,1-2H3. The molecule has 0 saturated heterocycles. The number of aldehydes is 1. The summed E-state index contributed by atoms with van der Waals surface area (Å²) in [5.74, 6) is 2.01. The number of carbonyl (C=O) groups is 1. The number of ether oxygens (including phenoxy) is 2. The van der Waals surface area contributed by atoms with Crippen LogP contribution in [-0.4, -0.2) is 11.9 Å². The first-order valence-electron chi connectivity index (χ1n) is 6.72. The first kappa shape index (κ1) is 14.0. The number of hydrogen-bond donors (Lipinski definition) is 0. The smallest absolute Gasteiger partial charge is 0.169 e. The van der Waals surface area contributed by atoms with Crippen LogP contribution in [0.5, 0.6) is 17.2 Å². The number of para-hydroxylation sites is 1. The van der Waals surface area contributed by atoms with E-state index in [9.17, 15) is 4.79 Å². The number of rotatable bonds is 3. The Balaban J connectivity index is 1.92. The van der Waals surface area contributed by atoms with Crippen LogP contribution < -0.4 is 9.47 Å². The first-order valence-corrected chi connectivity index (χ1v) is 7.10. The molecule has 2 aromatic carbocycles. The minimum atomic E-state index is -0.221. The van der Waals surface area contributed by atoms with Crippen molar-refractivity contribution in [3.05, 3.63) is 52.5 Å². The minimum absolute atomic E-state index is 0.221. The Bertz CT molecular complexity index is 707. The second-order valence-electron chi connectivity index (χ2n) is 5.69. The van der Waals surface area contributed by atoms with Crippen molar-refractivity contribution < 1.29 is 14.3 Å². The maximum Gasteiger partial charge on any atom is 0.169 e. The molecule has 4 heteroatoms. The Kier molecular flexibility index (Phi) is 3.38. The normalized spacial score (nSPS) is 15.2. The van der Waals surface area contributed by atoms with Gasteiger partial charge >= 0.3 is 0 Å². The monoisotopic (exact) mass is 302 g/mol. The van der Waals surface area contributed by atoms with E-state index < -0.39 is 0 Å². The fraction of sp³-hybridized carbons (Fsp3) is 0.235. The number of hydrogen-bond acceptors (Lipinski definition) is 3. The van der Waals surface area contributed by atoms with Crippen LogP contribution >= 0.6 is 11.6 Å². The molecular weight excluding hydrogens is 288 g/mol. The van der Waals surface area contributed by atoms with Crippen LogP contribution in [0, 0.1) is 0 Å². The molecule has 21 heavy (non-hydrogen) atoms. The van der Waals surface area contributed by atoms with Gasteiger partial charge < -0.3 is 9.47 Å². The molecule has 0 atom stereocenters. The van der Waals surface area contributed by atoms with Gasteiger partial charge in [-0.1, -0.05) is 23.7 Å². The summed E-state index contributed by atoms with van der Waals surface area (Å²) in [7, 11) is 0. The highest BCUT2D eigenvalue weighted by Crippen LogP contribution is 2.43. The number of halogens is 1. The zero-order valence-electron chi connectivity index (χ0n) is 11.9. The van der Waals surface area contributed by atoms with Crippen LogP contribution in [0.2, 0.25) is 5.02 Å². The van der Waals surface area contributed by atoms with Gasteiger partial charge in [0.25, 0.3) is 0 Å². The second-order valence-corrected chi connectivity index (χ2v) is 6.09. The molecule has 108 valence electrons. The van der Waals surface area contributed by atoms with E-state index in [4.69, 9.17) is 21.1 Å². The Morgan fingerprint density at radius 3 is 2.81 bits per heavy atom. The van der Waals surface area contributed by atoms with Gasteiger partial charge in [0.05, 0.1) is 5.02 Å². The summed E-state index contributed by atoms with van der Waals surface area (Å²) in [6.45, 7) is 4.10. The van der Waals surface area contributed by atoms with Crippen molar-refractivity contribution in [1.29, 1.82) is 0 Å². The second kappa shape index (κ2) is 5.08. The molecule has 0 amide bonds. The third-order valence-corrected chi connectivity index (χ3v) is 3.71. The Hall–Kier alpha value is -2.00. The zero-order valence-corrected chi connectivity index (χ0v) is 12.6. The van der Waals surface area contributed by atoms with E-state index in [-0.39, 0.29) is 5.60 Å². The minimum Gasteiger partial charge on any atom is -0.483 e. The van der Waals surface area contributed by atoms with E-state index in [1.54, 1.807) is 18.2 Å². The molecule has 1 aliphatic heterocycles. The highest BCUT2D eigenvalue weighted by Gasteiger charge is 2.32. The summed E-state index contributed by atoms with van der Waals surface area (Å²) in [5.41, 5.74) is 1.36. The number of carbonyl (C=O) groups excluding carboxylic acids is 1. The van der Waals surface area contributed by atoms with E-state index >= 15 is 0 Å². The lowest BCUT2D eigenvalue weighted by molar-refractivity contribution is 0.112.